The summed E-state index contributed by atoms with van der Waals surface area (Å²) in [4.78, 5) is 0. The Morgan fingerprint density at radius 1 is 1.00 bits per heavy atom. The van der Waals surface area contributed by atoms with Gasteiger partial charge in [-0.3, -0.25) is 0 Å². The molecular weight excluding hydrogens is 368 g/mol. The molecule has 0 aliphatic carbocycles. The number of hydrazone groups is 1. The van der Waals surface area contributed by atoms with Crippen LogP contribution in [0, 0.1) is 0 Å². The predicted molar refractivity (Wildman–Crippen MR) is 103 cm³/mol. The maximum atomic E-state index is 12.4. The summed E-state index contributed by atoms with van der Waals surface area (Å²) in [5.74, 6) is 1.88. The maximum absolute atomic E-state index is 12.4. The number of ether oxygens (including phenoxy) is 3. The zero-order valence-electron chi connectivity index (χ0n) is 15.7. The molecule has 7 nitrogen and oxygen atoms in total. The van der Waals surface area contributed by atoms with E-state index in [1.807, 2.05) is 24.3 Å². The summed E-state index contributed by atoms with van der Waals surface area (Å²) < 4.78 is 41.9. The first-order chi connectivity index (χ1) is 12.9. The summed E-state index contributed by atoms with van der Waals surface area (Å²) in [6.45, 7) is 0. The molecule has 0 unspecified atom stereocenters. The summed E-state index contributed by atoms with van der Waals surface area (Å²) in [5.41, 5.74) is 2.17. The van der Waals surface area contributed by atoms with Gasteiger partial charge in [-0.2, -0.15) is 9.52 Å². The Labute approximate surface area is 159 Å². The molecule has 0 N–H and O–H groups in total. The lowest BCUT2D eigenvalue weighted by molar-refractivity contribution is 0.348. The summed E-state index contributed by atoms with van der Waals surface area (Å²) in [5, 5.41) is 4.40. The fourth-order valence-electron chi connectivity index (χ4n) is 3.10. The zero-order chi connectivity index (χ0) is 19.6. The number of sulfonamides is 1. The van der Waals surface area contributed by atoms with E-state index in [2.05, 4.69) is 5.10 Å². The summed E-state index contributed by atoms with van der Waals surface area (Å²) in [7, 11) is 1.12. The number of nitrogens with zero attached hydrogens (tertiary/aromatic N) is 2. The highest BCUT2D eigenvalue weighted by Gasteiger charge is 2.36. The van der Waals surface area contributed by atoms with Crippen molar-refractivity contribution >= 4 is 15.7 Å². The van der Waals surface area contributed by atoms with Gasteiger partial charge in [0.05, 0.1) is 39.3 Å². The number of benzene rings is 2. The highest BCUT2D eigenvalue weighted by atomic mass is 32.2. The minimum atomic E-state index is -3.58. The lowest BCUT2D eigenvalue weighted by atomic mass is 9.98. The monoisotopic (exact) mass is 390 g/mol. The van der Waals surface area contributed by atoms with Gasteiger partial charge >= 0.3 is 0 Å². The molecule has 0 spiro atoms. The Bertz CT molecular complexity index is 972. The third-order valence-corrected chi connectivity index (χ3v) is 5.43. The van der Waals surface area contributed by atoms with Gasteiger partial charge in [0, 0.05) is 17.5 Å². The first-order valence-electron chi connectivity index (χ1n) is 8.30. The molecule has 0 saturated carbocycles. The molecule has 2 aromatic carbocycles. The Balaban J connectivity index is 2.07. The summed E-state index contributed by atoms with van der Waals surface area (Å²) in [6.07, 6.45) is 1.55. The lowest BCUT2D eigenvalue weighted by Crippen LogP contribution is -2.26. The van der Waals surface area contributed by atoms with Crippen LogP contribution in [0.15, 0.2) is 47.6 Å². The number of hydrogen-bond donors (Lipinski definition) is 0. The Kier molecular flexibility index (Phi) is 5.27. The SMILES string of the molecule is COc1cccc(C2=NN(S(C)(=O)=O)[C@H](c3cc(OC)ccc3OC)C2)c1. The molecule has 1 aliphatic rings. The van der Waals surface area contributed by atoms with Crippen molar-refractivity contribution in [3.05, 3.63) is 53.6 Å². The zero-order valence-corrected chi connectivity index (χ0v) is 16.5. The molecule has 3 rings (SSSR count). The normalized spacial score (nSPS) is 16.8. The van der Waals surface area contributed by atoms with Gasteiger partial charge in [-0.1, -0.05) is 12.1 Å². The van der Waals surface area contributed by atoms with Gasteiger partial charge in [0.25, 0.3) is 0 Å². The molecule has 0 aromatic heterocycles. The quantitative estimate of drug-likeness (QED) is 0.758. The van der Waals surface area contributed by atoms with Crippen molar-refractivity contribution in [1.29, 1.82) is 0 Å². The molecule has 2 aromatic rings. The molecule has 0 radical (unpaired) electrons. The van der Waals surface area contributed by atoms with E-state index in [1.54, 1.807) is 39.5 Å². The fraction of sp³-hybridized carbons (Fsp3) is 0.316. The second-order valence-corrected chi connectivity index (χ2v) is 7.98. The van der Waals surface area contributed by atoms with E-state index in [4.69, 9.17) is 14.2 Å². The Morgan fingerprint density at radius 2 is 1.70 bits per heavy atom. The number of rotatable bonds is 6. The molecule has 144 valence electrons. The van der Waals surface area contributed by atoms with Crippen LogP contribution in [-0.4, -0.2) is 46.1 Å². The van der Waals surface area contributed by atoms with Crippen LogP contribution in [0.4, 0.5) is 0 Å². The van der Waals surface area contributed by atoms with Gasteiger partial charge in [0.1, 0.15) is 17.2 Å². The topological polar surface area (TPSA) is 77.4 Å². The van der Waals surface area contributed by atoms with Crippen LogP contribution in [0.3, 0.4) is 0 Å². The van der Waals surface area contributed by atoms with Crippen molar-refractivity contribution in [3.63, 3.8) is 0 Å². The van der Waals surface area contributed by atoms with Gasteiger partial charge in [-0.15, -0.1) is 0 Å². The van der Waals surface area contributed by atoms with Gasteiger partial charge in [0.2, 0.25) is 10.0 Å². The maximum Gasteiger partial charge on any atom is 0.247 e. The lowest BCUT2D eigenvalue weighted by Gasteiger charge is -2.23. The molecule has 0 bridgehead atoms. The molecule has 0 saturated heterocycles. The van der Waals surface area contributed by atoms with Crippen LogP contribution in [0.2, 0.25) is 0 Å². The number of hydrogen-bond acceptors (Lipinski definition) is 6. The standard InChI is InChI=1S/C19H22N2O5S/c1-24-14-7-5-6-13(10-14)17-12-18(21(20-17)27(4,22)23)16-11-15(25-2)8-9-19(16)26-3/h5-11,18H,12H2,1-4H3/t18-/m0/s1. The molecule has 0 fully saturated rings. The average molecular weight is 390 g/mol. The van der Waals surface area contributed by atoms with E-state index in [0.29, 0.717) is 34.9 Å². The van der Waals surface area contributed by atoms with Crippen LogP contribution in [0.1, 0.15) is 23.6 Å². The molecular formula is C19H22N2O5S. The van der Waals surface area contributed by atoms with Gasteiger partial charge in [-0.25, -0.2) is 8.42 Å². The van der Waals surface area contributed by atoms with Crippen molar-refractivity contribution in [2.45, 2.75) is 12.5 Å². The minimum absolute atomic E-state index is 0.407. The Hall–Kier alpha value is -2.74. The van der Waals surface area contributed by atoms with Crippen LogP contribution >= 0.6 is 0 Å². The first kappa shape index (κ1) is 19.0. The van der Waals surface area contributed by atoms with Crippen molar-refractivity contribution in [3.8, 4) is 17.2 Å². The third-order valence-electron chi connectivity index (χ3n) is 4.41. The predicted octanol–water partition coefficient (Wildman–Crippen LogP) is 2.82. The van der Waals surface area contributed by atoms with Crippen LogP contribution in [0.25, 0.3) is 0 Å². The van der Waals surface area contributed by atoms with Crippen LogP contribution in [0.5, 0.6) is 17.2 Å². The van der Waals surface area contributed by atoms with Crippen molar-refractivity contribution < 1.29 is 22.6 Å². The van der Waals surface area contributed by atoms with E-state index in [9.17, 15) is 8.42 Å². The van der Waals surface area contributed by atoms with Gasteiger partial charge < -0.3 is 14.2 Å². The van der Waals surface area contributed by atoms with Crippen molar-refractivity contribution in [2.75, 3.05) is 27.6 Å². The Morgan fingerprint density at radius 3 is 2.33 bits per heavy atom. The van der Waals surface area contributed by atoms with Gasteiger partial charge in [0.15, 0.2) is 0 Å². The highest BCUT2D eigenvalue weighted by molar-refractivity contribution is 7.88. The van der Waals surface area contributed by atoms with E-state index in [-0.39, 0.29) is 0 Å². The second-order valence-electron chi connectivity index (χ2n) is 6.14. The summed E-state index contributed by atoms with van der Waals surface area (Å²) in [6, 6.07) is 12.2. The molecule has 1 aliphatic heterocycles. The molecule has 1 atom stereocenters. The first-order valence-corrected chi connectivity index (χ1v) is 10.2. The number of methoxy groups -OCH3 is 3. The molecule has 1 heterocycles. The van der Waals surface area contributed by atoms with Crippen LogP contribution < -0.4 is 14.2 Å². The molecule has 27 heavy (non-hydrogen) atoms. The van der Waals surface area contributed by atoms with Crippen molar-refractivity contribution in [1.82, 2.24) is 4.41 Å². The fourth-order valence-corrected chi connectivity index (χ4v) is 4.00. The van der Waals surface area contributed by atoms with E-state index in [1.165, 1.54) is 0 Å². The second kappa shape index (κ2) is 7.48. The largest absolute Gasteiger partial charge is 0.497 e. The van der Waals surface area contributed by atoms with E-state index >= 15 is 0 Å². The van der Waals surface area contributed by atoms with Gasteiger partial charge in [-0.05, 0) is 30.3 Å². The van der Waals surface area contributed by atoms with Crippen LogP contribution in [-0.2, 0) is 10.0 Å². The van der Waals surface area contributed by atoms with Crippen molar-refractivity contribution in [2.24, 2.45) is 5.10 Å². The highest BCUT2D eigenvalue weighted by Crippen LogP contribution is 2.40. The average Bonchev–Trinajstić information content (AvgIpc) is 3.13. The molecule has 8 heteroatoms. The van der Waals surface area contributed by atoms with E-state index in [0.717, 1.165) is 16.2 Å². The van der Waals surface area contributed by atoms with E-state index < -0.39 is 16.1 Å². The molecule has 0 amide bonds. The third kappa shape index (κ3) is 3.85. The smallest absolute Gasteiger partial charge is 0.247 e. The summed E-state index contributed by atoms with van der Waals surface area (Å²) >= 11 is 0. The minimum Gasteiger partial charge on any atom is -0.497 e.